The molecule has 0 radical (unpaired) electrons. The van der Waals surface area contributed by atoms with Crippen LogP contribution in [0.2, 0.25) is 0 Å². The molecular formula is C19H16N6O4. The quantitative estimate of drug-likeness (QED) is 0.491. The Kier molecular flexibility index (Phi) is 4.89. The Morgan fingerprint density at radius 2 is 1.97 bits per heavy atom. The number of benzene rings is 1. The SMILES string of the molecule is NC(=O)c1ccn(-c2ccc(NC(=O)CCc3nc(-c4ccco4)no3)cc2)n1. The number of furan rings is 1. The molecule has 0 saturated carbocycles. The fraction of sp³-hybridized carbons (Fsp3) is 0.105. The van der Waals surface area contributed by atoms with Crippen LogP contribution in [0, 0.1) is 0 Å². The highest BCUT2D eigenvalue weighted by atomic mass is 16.5. The summed E-state index contributed by atoms with van der Waals surface area (Å²) in [6.07, 6.45) is 3.64. The van der Waals surface area contributed by atoms with Crippen molar-refractivity contribution in [1.82, 2.24) is 19.9 Å². The van der Waals surface area contributed by atoms with Gasteiger partial charge in [-0.25, -0.2) is 4.68 Å². The van der Waals surface area contributed by atoms with Crippen LogP contribution in [0.15, 0.2) is 63.9 Å². The third-order valence-electron chi connectivity index (χ3n) is 4.03. The molecular weight excluding hydrogens is 376 g/mol. The van der Waals surface area contributed by atoms with Crippen molar-refractivity contribution in [1.29, 1.82) is 0 Å². The Balaban J connectivity index is 1.32. The van der Waals surface area contributed by atoms with Crippen molar-refractivity contribution in [2.75, 3.05) is 5.32 Å². The minimum absolute atomic E-state index is 0.179. The van der Waals surface area contributed by atoms with Crippen molar-refractivity contribution in [2.24, 2.45) is 5.73 Å². The van der Waals surface area contributed by atoms with Crippen LogP contribution >= 0.6 is 0 Å². The highest BCUT2D eigenvalue weighted by Gasteiger charge is 2.12. The Morgan fingerprint density at radius 3 is 2.66 bits per heavy atom. The third kappa shape index (κ3) is 4.21. The minimum atomic E-state index is -0.592. The lowest BCUT2D eigenvalue weighted by Crippen LogP contribution is -2.13. The molecule has 10 heteroatoms. The topological polar surface area (TPSA) is 142 Å². The molecule has 0 atom stereocenters. The van der Waals surface area contributed by atoms with Crippen molar-refractivity contribution >= 4 is 17.5 Å². The number of hydrogen-bond donors (Lipinski definition) is 2. The van der Waals surface area contributed by atoms with E-state index in [9.17, 15) is 9.59 Å². The summed E-state index contributed by atoms with van der Waals surface area (Å²) < 4.78 is 11.9. The van der Waals surface area contributed by atoms with Gasteiger partial charge >= 0.3 is 0 Å². The number of anilines is 1. The number of nitrogens with two attached hydrogens (primary N) is 1. The second kappa shape index (κ2) is 7.80. The molecule has 146 valence electrons. The number of nitrogens with zero attached hydrogens (tertiary/aromatic N) is 4. The van der Waals surface area contributed by atoms with Crippen molar-refractivity contribution in [3.05, 3.63) is 66.5 Å². The Bertz CT molecular complexity index is 1130. The molecule has 0 spiro atoms. The van der Waals surface area contributed by atoms with Crippen molar-refractivity contribution in [2.45, 2.75) is 12.8 Å². The van der Waals surface area contributed by atoms with Gasteiger partial charge in [-0.15, -0.1) is 0 Å². The predicted octanol–water partition coefficient (Wildman–Crippen LogP) is 2.19. The number of rotatable bonds is 7. The molecule has 4 aromatic rings. The molecule has 0 saturated heterocycles. The largest absolute Gasteiger partial charge is 0.461 e. The fourth-order valence-electron chi connectivity index (χ4n) is 2.60. The van der Waals surface area contributed by atoms with Gasteiger partial charge in [-0.05, 0) is 42.5 Å². The number of nitrogens with one attached hydrogen (secondary N) is 1. The molecule has 0 aliphatic carbocycles. The van der Waals surface area contributed by atoms with E-state index >= 15 is 0 Å². The average molecular weight is 392 g/mol. The average Bonchev–Trinajstić information content (AvgIpc) is 3.48. The summed E-state index contributed by atoms with van der Waals surface area (Å²) in [7, 11) is 0. The van der Waals surface area contributed by atoms with Crippen LogP contribution in [0.5, 0.6) is 0 Å². The Labute approximate surface area is 164 Å². The maximum atomic E-state index is 12.2. The van der Waals surface area contributed by atoms with E-state index in [1.54, 1.807) is 42.6 Å². The summed E-state index contributed by atoms with van der Waals surface area (Å²) in [5, 5.41) is 10.7. The molecule has 3 heterocycles. The monoisotopic (exact) mass is 392 g/mol. The van der Waals surface area contributed by atoms with Crippen molar-refractivity contribution in [3.63, 3.8) is 0 Å². The van der Waals surface area contributed by atoms with E-state index < -0.39 is 5.91 Å². The van der Waals surface area contributed by atoms with Crippen LogP contribution < -0.4 is 11.1 Å². The van der Waals surface area contributed by atoms with E-state index in [0.29, 0.717) is 29.6 Å². The zero-order chi connectivity index (χ0) is 20.2. The molecule has 3 N–H and O–H groups in total. The van der Waals surface area contributed by atoms with E-state index in [2.05, 4.69) is 20.6 Å². The van der Waals surface area contributed by atoms with E-state index in [-0.39, 0.29) is 18.0 Å². The number of aryl methyl sites for hydroxylation is 1. The van der Waals surface area contributed by atoms with Gasteiger partial charge in [0.05, 0.1) is 12.0 Å². The first-order chi connectivity index (χ1) is 14.1. The number of primary amides is 1. The molecule has 0 aliphatic rings. The lowest BCUT2D eigenvalue weighted by atomic mass is 10.2. The molecule has 4 rings (SSSR count). The van der Waals surface area contributed by atoms with Crippen molar-refractivity contribution in [3.8, 4) is 17.3 Å². The fourth-order valence-corrected chi connectivity index (χ4v) is 2.60. The predicted molar refractivity (Wildman–Crippen MR) is 101 cm³/mol. The van der Waals surface area contributed by atoms with Crippen LogP contribution in [-0.2, 0) is 11.2 Å². The van der Waals surface area contributed by atoms with Crippen LogP contribution in [0.1, 0.15) is 22.8 Å². The van der Waals surface area contributed by atoms with Gasteiger partial charge in [0.15, 0.2) is 5.76 Å². The maximum absolute atomic E-state index is 12.2. The standard InChI is InChI=1S/C19H16N6O4/c20-18(27)14-9-10-25(23-14)13-5-3-12(4-6-13)21-16(26)7-8-17-22-19(24-29-17)15-2-1-11-28-15/h1-6,9-11H,7-8H2,(H2,20,27)(H,21,26). The number of carbonyl (C=O) groups is 2. The molecule has 2 amide bonds. The molecule has 0 fully saturated rings. The molecule has 0 bridgehead atoms. The molecule has 1 aromatic carbocycles. The first-order valence-corrected chi connectivity index (χ1v) is 8.71. The highest BCUT2D eigenvalue weighted by molar-refractivity contribution is 5.91. The van der Waals surface area contributed by atoms with E-state index in [0.717, 1.165) is 5.69 Å². The van der Waals surface area contributed by atoms with Gasteiger partial charge in [-0.3, -0.25) is 9.59 Å². The first-order valence-electron chi connectivity index (χ1n) is 8.71. The zero-order valence-electron chi connectivity index (χ0n) is 15.1. The first kappa shape index (κ1) is 18.2. The summed E-state index contributed by atoms with van der Waals surface area (Å²) in [6, 6.07) is 12.0. The van der Waals surface area contributed by atoms with E-state index in [4.69, 9.17) is 14.7 Å². The van der Waals surface area contributed by atoms with Crippen LogP contribution in [0.25, 0.3) is 17.3 Å². The number of aromatic nitrogens is 4. The molecule has 3 aromatic heterocycles. The van der Waals surface area contributed by atoms with Gasteiger partial charge in [0, 0.05) is 24.7 Å². The van der Waals surface area contributed by atoms with Gasteiger partial charge in [0.1, 0.15) is 5.69 Å². The lowest BCUT2D eigenvalue weighted by Gasteiger charge is -2.06. The van der Waals surface area contributed by atoms with Crippen LogP contribution in [-0.4, -0.2) is 31.7 Å². The second-order valence-electron chi connectivity index (χ2n) is 6.09. The Hall–Kier alpha value is -4.21. The summed E-state index contributed by atoms with van der Waals surface area (Å²) in [4.78, 5) is 27.5. The van der Waals surface area contributed by atoms with Gasteiger partial charge in [0.25, 0.3) is 5.91 Å². The molecule has 29 heavy (non-hydrogen) atoms. The van der Waals surface area contributed by atoms with Crippen LogP contribution in [0.4, 0.5) is 5.69 Å². The molecule has 0 unspecified atom stereocenters. The molecule has 10 nitrogen and oxygen atoms in total. The zero-order valence-corrected chi connectivity index (χ0v) is 15.1. The molecule has 0 aliphatic heterocycles. The number of amides is 2. The second-order valence-corrected chi connectivity index (χ2v) is 6.09. The van der Waals surface area contributed by atoms with E-state index in [1.807, 2.05) is 0 Å². The summed E-state index contributed by atoms with van der Waals surface area (Å²) in [5.74, 6) is 0.422. The number of hydrogen-bond acceptors (Lipinski definition) is 7. The maximum Gasteiger partial charge on any atom is 0.269 e. The normalized spacial score (nSPS) is 10.8. The Morgan fingerprint density at radius 1 is 1.14 bits per heavy atom. The van der Waals surface area contributed by atoms with Gasteiger partial charge in [-0.2, -0.15) is 10.1 Å². The number of carbonyl (C=O) groups excluding carboxylic acids is 2. The van der Waals surface area contributed by atoms with Gasteiger partial charge < -0.3 is 20.0 Å². The van der Waals surface area contributed by atoms with Crippen molar-refractivity contribution < 1.29 is 18.5 Å². The minimum Gasteiger partial charge on any atom is -0.461 e. The smallest absolute Gasteiger partial charge is 0.269 e. The van der Waals surface area contributed by atoms with E-state index in [1.165, 1.54) is 17.0 Å². The lowest BCUT2D eigenvalue weighted by molar-refractivity contribution is -0.116. The highest BCUT2D eigenvalue weighted by Crippen LogP contribution is 2.17. The van der Waals surface area contributed by atoms with Gasteiger partial charge in [0.2, 0.25) is 17.6 Å². The summed E-state index contributed by atoms with van der Waals surface area (Å²) >= 11 is 0. The van der Waals surface area contributed by atoms with Crippen LogP contribution in [0.3, 0.4) is 0 Å². The summed E-state index contributed by atoms with van der Waals surface area (Å²) in [5.41, 5.74) is 6.73. The third-order valence-corrected chi connectivity index (χ3v) is 4.03. The summed E-state index contributed by atoms with van der Waals surface area (Å²) in [6.45, 7) is 0. The van der Waals surface area contributed by atoms with Gasteiger partial charge in [-0.1, -0.05) is 5.16 Å².